The monoisotopic (exact) mass is 399 g/mol. The van der Waals surface area contributed by atoms with Crippen molar-refractivity contribution in [3.63, 3.8) is 0 Å². The maximum absolute atomic E-state index is 11.8. The molecule has 1 N–H and O–H groups in total. The predicted octanol–water partition coefficient (Wildman–Crippen LogP) is 1.89. The number of esters is 1. The first kappa shape index (κ1) is 18.4. The highest BCUT2D eigenvalue weighted by molar-refractivity contribution is 6.07. The molecule has 1 atom stereocenters. The van der Waals surface area contributed by atoms with Gasteiger partial charge in [-0.3, -0.25) is 4.79 Å². The summed E-state index contributed by atoms with van der Waals surface area (Å²) in [5.41, 5.74) is 2.28. The third-order valence-electron chi connectivity index (χ3n) is 5.93. The van der Waals surface area contributed by atoms with Crippen LogP contribution in [-0.4, -0.2) is 64.6 Å². The smallest absolute Gasteiger partial charge is 0.307 e. The minimum atomic E-state index is -0.206. The van der Waals surface area contributed by atoms with Crippen LogP contribution in [0.5, 0.6) is 0 Å². The summed E-state index contributed by atoms with van der Waals surface area (Å²) in [5.74, 6) is 0.423. The maximum atomic E-state index is 11.8. The molecular formula is C20H25N5O4. The Hall–Kier alpha value is -2.68. The molecule has 0 bridgehead atoms. The first-order chi connectivity index (χ1) is 14.2. The average Bonchev–Trinajstić information content (AvgIpc) is 3.33. The number of aryl methyl sites for hydroxylation is 1. The minimum absolute atomic E-state index is 0.00961. The molecular weight excluding hydrogens is 374 g/mol. The van der Waals surface area contributed by atoms with Gasteiger partial charge in [0.2, 0.25) is 5.90 Å². The average molecular weight is 399 g/mol. The molecule has 29 heavy (non-hydrogen) atoms. The third kappa shape index (κ3) is 3.33. The van der Waals surface area contributed by atoms with Crippen LogP contribution in [0, 0.1) is 0 Å². The number of aliphatic imine (C=N–C) groups is 1. The number of pyridine rings is 1. The van der Waals surface area contributed by atoms with Gasteiger partial charge in [0.1, 0.15) is 12.1 Å². The van der Waals surface area contributed by atoms with Crippen molar-refractivity contribution >= 4 is 28.6 Å². The molecule has 0 aromatic carbocycles. The number of nitrogens with zero attached hydrogens (tertiary/aromatic N) is 4. The molecule has 2 fully saturated rings. The second-order valence-corrected chi connectivity index (χ2v) is 7.84. The zero-order valence-corrected chi connectivity index (χ0v) is 16.5. The normalized spacial score (nSPS) is 23.7. The highest BCUT2D eigenvalue weighted by Crippen LogP contribution is 2.35. The Bertz CT molecular complexity index is 963. The molecule has 9 nitrogen and oxygen atoms in total. The summed E-state index contributed by atoms with van der Waals surface area (Å²) in [5, 5.41) is 8.91. The van der Waals surface area contributed by atoms with Crippen LogP contribution in [0.15, 0.2) is 17.4 Å². The van der Waals surface area contributed by atoms with Crippen molar-refractivity contribution in [1.29, 1.82) is 0 Å². The second kappa shape index (κ2) is 7.29. The van der Waals surface area contributed by atoms with E-state index in [0.29, 0.717) is 38.7 Å². The van der Waals surface area contributed by atoms with Crippen LogP contribution < -0.4 is 5.32 Å². The largest absolute Gasteiger partial charge is 0.475 e. The van der Waals surface area contributed by atoms with Gasteiger partial charge < -0.3 is 19.5 Å². The lowest BCUT2D eigenvalue weighted by Gasteiger charge is -2.28. The molecule has 154 valence electrons. The van der Waals surface area contributed by atoms with Crippen molar-refractivity contribution in [1.82, 2.24) is 14.8 Å². The Morgan fingerprint density at radius 2 is 2.10 bits per heavy atom. The van der Waals surface area contributed by atoms with Gasteiger partial charge >= 0.3 is 5.97 Å². The van der Waals surface area contributed by atoms with Crippen LogP contribution in [0.4, 0.5) is 5.69 Å². The fourth-order valence-corrected chi connectivity index (χ4v) is 4.21. The third-order valence-corrected chi connectivity index (χ3v) is 5.93. The summed E-state index contributed by atoms with van der Waals surface area (Å²) in [6, 6.07) is -0.00961. The summed E-state index contributed by atoms with van der Waals surface area (Å²) in [6.45, 7) is 5.16. The predicted molar refractivity (Wildman–Crippen MR) is 106 cm³/mol. The molecule has 9 heteroatoms. The van der Waals surface area contributed by atoms with E-state index in [0.717, 1.165) is 48.1 Å². The van der Waals surface area contributed by atoms with Crippen LogP contribution in [0.25, 0.3) is 11.0 Å². The van der Waals surface area contributed by atoms with E-state index >= 15 is 0 Å². The number of fused-ring (bicyclic) bond motifs is 1. The standard InChI is InChI=1S/C20H25N5O4/c1-2-25-18-14(11-22-25)17(23-13-3-6-28-16(26)9-13)15(10-21-18)19-24-20(12-29-19)4-7-27-8-5-20/h10-11,13H,2-9,12H2,1H3,(H,21,23). The lowest BCUT2D eigenvalue weighted by atomic mass is 9.92. The number of carbonyl (C=O) groups excluding carboxylic acids is 1. The van der Waals surface area contributed by atoms with Crippen molar-refractivity contribution in [3.05, 3.63) is 18.0 Å². The van der Waals surface area contributed by atoms with Crippen molar-refractivity contribution in [3.8, 4) is 0 Å². The number of hydrogen-bond acceptors (Lipinski definition) is 8. The van der Waals surface area contributed by atoms with Gasteiger partial charge in [-0.25, -0.2) is 14.7 Å². The number of cyclic esters (lactones) is 1. The lowest BCUT2D eigenvalue weighted by molar-refractivity contribution is -0.147. The number of rotatable bonds is 4. The molecule has 2 saturated heterocycles. The number of anilines is 1. The van der Waals surface area contributed by atoms with Gasteiger partial charge in [0.25, 0.3) is 0 Å². The van der Waals surface area contributed by atoms with Crippen LogP contribution in [0.2, 0.25) is 0 Å². The zero-order chi connectivity index (χ0) is 19.8. The topological polar surface area (TPSA) is 99.9 Å². The van der Waals surface area contributed by atoms with Crippen LogP contribution in [-0.2, 0) is 25.5 Å². The molecule has 1 spiro atoms. The molecule has 0 saturated carbocycles. The Morgan fingerprint density at radius 3 is 2.90 bits per heavy atom. The van der Waals surface area contributed by atoms with Gasteiger partial charge in [-0.05, 0) is 19.8 Å². The van der Waals surface area contributed by atoms with E-state index in [1.54, 1.807) is 6.20 Å². The van der Waals surface area contributed by atoms with E-state index in [1.807, 2.05) is 17.8 Å². The van der Waals surface area contributed by atoms with Gasteiger partial charge in [0.15, 0.2) is 5.65 Å². The summed E-state index contributed by atoms with van der Waals surface area (Å²) < 4.78 is 18.5. The molecule has 0 radical (unpaired) electrons. The summed E-state index contributed by atoms with van der Waals surface area (Å²) >= 11 is 0. The molecule has 5 rings (SSSR count). The Balaban J connectivity index is 1.55. The first-order valence-electron chi connectivity index (χ1n) is 10.2. The van der Waals surface area contributed by atoms with Gasteiger partial charge in [-0.15, -0.1) is 0 Å². The second-order valence-electron chi connectivity index (χ2n) is 7.84. The van der Waals surface area contributed by atoms with Crippen LogP contribution in [0.3, 0.4) is 0 Å². The quantitative estimate of drug-likeness (QED) is 0.784. The fraction of sp³-hybridized carbons (Fsp3) is 0.600. The lowest BCUT2D eigenvalue weighted by Crippen LogP contribution is -2.35. The van der Waals surface area contributed by atoms with E-state index in [2.05, 4.69) is 15.4 Å². The van der Waals surface area contributed by atoms with Gasteiger partial charge in [-0.2, -0.15) is 5.10 Å². The SMILES string of the molecule is CCn1ncc2c(NC3CCOC(=O)C3)c(C3=NC4(CCOCC4)CO3)cnc21. The molecule has 3 aliphatic rings. The maximum Gasteiger partial charge on any atom is 0.307 e. The summed E-state index contributed by atoms with van der Waals surface area (Å²) in [6.07, 6.45) is 6.43. The van der Waals surface area contributed by atoms with Crippen molar-refractivity contribution in [2.45, 2.75) is 50.7 Å². The van der Waals surface area contributed by atoms with Crippen molar-refractivity contribution in [2.75, 3.05) is 31.7 Å². The summed E-state index contributed by atoms with van der Waals surface area (Å²) in [7, 11) is 0. The Labute approximate surface area is 168 Å². The molecule has 2 aromatic rings. The molecule has 0 amide bonds. The highest BCUT2D eigenvalue weighted by atomic mass is 16.5. The van der Waals surface area contributed by atoms with Crippen molar-refractivity contribution in [2.24, 2.45) is 4.99 Å². The number of hydrogen-bond donors (Lipinski definition) is 1. The molecule has 3 aliphatic heterocycles. The Morgan fingerprint density at radius 1 is 1.24 bits per heavy atom. The van der Waals surface area contributed by atoms with Crippen molar-refractivity contribution < 1.29 is 19.0 Å². The van der Waals surface area contributed by atoms with Crippen LogP contribution >= 0.6 is 0 Å². The van der Waals surface area contributed by atoms with Gasteiger partial charge in [-0.1, -0.05) is 0 Å². The first-order valence-corrected chi connectivity index (χ1v) is 10.2. The molecule has 1 unspecified atom stereocenters. The number of carbonyl (C=O) groups is 1. The van der Waals surface area contributed by atoms with E-state index < -0.39 is 0 Å². The van der Waals surface area contributed by atoms with E-state index in [1.165, 1.54) is 0 Å². The van der Waals surface area contributed by atoms with Gasteiger partial charge in [0.05, 0.1) is 35.9 Å². The van der Waals surface area contributed by atoms with Gasteiger partial charge in [0, 0.05) is 38.4 Å². The Kier molecular flexibility index (Phi) is 4.61. The highest BCUT2D eigenvalue weighted by Gasteiger charge is 2.39. The molecule has 0 aliphatic carbocycles. The number of ether oxygens (including phenoxy) is 3. The summed E-state index contributed by atoms with van der Waals surface area (Å²) in [4.78, 5) is 21.4. The molecule has 2 aromatic heterocycles. The number of aromatic nitrogens is 3. The van der Waals surface area contributed by atoms with E-state index in [-0.39, 0.29) is 17.6 Å². The molecule has 5 heterocycles. The fourth-order valence-electron chi connectivity index (χ4n) is 4.21. The zero-order valence-electron chi connectivity index (χ0n) is 16.5. The van der Waals surface area contributed by atoms with E-state index in [9.17, 15) is 4.79 Å². The number of nitrogens with one attached hydrogen (secondary N) is 1. The van der Waals surface area contributed by atoms with E-state index in [4.69, 9.17) is 19.2 Å². The van der Waals surface area contributed by atoms with Crippen LogP contribution in [0.1, 0.15) is 38.2 Å². The minimum Gasteiger partial charge on any atom is -0.475 e.